The molecule has 1 aliphatic heterocycles. The van der Waals surface area contributed by atoms with E-state index in [2.05, 4.69) is 36.5 Å². The normalized spacial score (nSPS) is 16.0. The molecule has 0 spiro atoms. The van der Waals surface area contributed by atoms with E-state index in [-0.39, 0.29) is 11.4 Å². The Morgan fingerprint density at radius 2 is 1.83 bits per heavy atom. The van der Waals surface area contributed by atoms with E-state index in [0.29, 0.717) is 64.7 Å². The summed E-state index contributed by atoms with van der Waals surface area (Å²) in [7, 11) is 3.76. The molecule has 0 unspecified atom stereocenters. The van der Waals surface area contributed by atoms with Gasteiger partial charge in [-0.2, -0.15) is 4.68 Å². The zero-order valence-electron chi connectivity index (χ0n) is 26.2. The summed E-state index contributed by atoms with van der Waals surface area (Å²) in [4.78, 5) is 58.9. The van der Waals surface area contributed by atoms with E-state index in [1.54, 1.807) is 42.5 Å². The van der Waals surface area contributed by atoms with Crippen LogP contribution in [-0.2, 0) is 23.8 Å². The van der Waals surface area contributed by atoms with Crippen LogP contribution in [0.4, 0.5) is 16.2 Å². The van der Waals surface area contributed by atoms with Crippen molar-refractivity contribution < 1.29 is 33.4 Å². The Morgan fingerprint density at radius 3 is 2.56 bits per heavy atom. The number of esters is 2. The number of fused-ring (bicyclic) bond motifs is 4. The Kier molecular flexibility index (Phi) is 10.6. The number of aromatic nitrogens is 6. The maximum Gasteiger partial charge on any atom is 0.411 e. The molecular formula is C31H32ClN9O7. The van der Waals surface area contributed by atoms with Crippen LogP contribution >= 0.6 is 11.6 Å². The molecular weight excluding hydrogens is 646 g/mol. The highest BCUT2D eigenvalue weighted by atomic mass is 35.5. The zero-order chi connectivity index (χ0) is 34.2. The van der Waals surface area contributed by atoms with E-state index in [1.165, 1.54) is 38.4 Å². The lowest BCUT2D eigenvalue weighted by molar-refractivity contribution is -0.141. The molecule has 0 saturated carbocycles. The number of nitrogens with zero attached hydrogens (tertiary/aromatic N) is 5. The van der Waals surface area contributed by atoms with Gasteiger partial charge in [-0.15, -0.1) is 5.10 Å². The Balaban J connectivity index is 1.52. The maximum atomic E-state index is 13.3. The minimum atomic E-state index is -0.774. The molecule has 2 bridgehead atoms. The second kappa shape index (κ2) is 15.2. The van der Waals surface area contributed by atoms with Gasteiger partial charge in [0.15, 0.2) is 5.69 Å². The van der Waals surface area contributed by atoms with Gasteiger partial charge in [-0.05, 0) is 65.7 Å². The number of anilines is 2. The molecule has 0 radical (unpaired) electrons. The first-order valence-electron chi connectivity index (χ1n) is 14.7. The van der Waals surface area contributed by atoms with Gasteiger partial charge in [0.1, 0.15) is 23.9 Å². The molecule has 2 atom stereocenters. The van der Waals surface area contributed by atoms with Gasteiger partial charge in [0, 0.05) is 33.6 Å². The van der Waals surface area contributed by atoms with Crippen LogP contribution in [-0.4, -0.2) is 81.5 Å². The quantitative estimate of drug-likeness (QED) is 0.124. The highest BCUT2D eigenvalue weighted by Crippen LogP contribution is 2.35. The van der Waals surface area contributed by atoms with Crippen molar-refractivity contribution in [3.05, 3.63) is 70.9 Å². The van der Waals surface area contributed by atoms with Gasteiger partial charge in [0.2, 0.25) is 5.91 Å². The monoisotopic (exact) mass is 677 g/mol. The largest absolute Gasteiger partial charge is 0.467 e. The third-order valence-electron chi connectivity index (χ3n) is 7.52. The fraction of sp³-hybridized carbons (Fsp3) is 0.290. The molecule has 250 valence electrons. The molecule has 16 nitrogen and oxygen atoms in total. The first-order valence-corrected chi connectivity index (χ1v) is 15.1. The molecule has 5 rings (SSSR count). The van der Waals surface area contributed by atoms with Crippen molar-refractivity contribution in [3.63, 3.8) is 0 Å². The van der Waals surface area contributed by atoms with Crippen molar-refractivity contribution in [2.75, 3.05) is 32.0 Å². The van der Waals surface area contributed by atoms with E-state index < -0.39 is 36.0 Å². The highest BCUT2D eigenvalue weighted by molar-refractivity contribution is 6.30. The van der Waals surface area contributed by atoms with Gasteiger partial charge in [-0.1, -0.05) is 24.4 Å². The lowest BCUT2D eigenvalue weighted by Gasteiger charge is -2.22. The van der Waals surface area contributed by atoms with Crippen molar-refractivity contribution in [1.82, 2.24) is 35.5 Å². The van der Waals surface area contributed by atoms with Gasteiger partial charge < -0.3 is 29.8 Å². The van der Waals surface area contributed by atoms with Crippen LogP contribution < -0.4 is 16.0 Å². The van der Waals surface area contributed by atoms with E-state index in [0.717, 1.165) is 0 Å². The van der Waals surface area contributed by atoms with Crippen molar-refractivity contribution in [2.24, 2.45) is 0 Å². The SMILES string of the molecule is COC(=O)Nc1ccc2c(c1)N[C@@H](C(=O)OC)CCCC[C@H](NC(=O)C=Cc1cc(Cl)ccc1-n1cnnn1)c1nc-2c(C(=O)OC)[nH]1. The van der Waals surface area contributed by atoms with Crippen LogP contribution in [0.2, 0.25) is 5.02 Å². The summed E-state index contributed by atoms with van der Waals surface area (Å²) < 4.78 is 16.3. The summed E-state index contributed by atoms with van der Waals surface area (Å²) >= 11 is 6.22. The number of halogens is 1. The van der Waals surface area contributed by atoms with E-state index >= 15 is 0 Å². The van der Waals surface area contributed by atoms with Crippen LogP contribution in [0.3, 0.4) is 0 Å². The molecule has 0 aliphatic carbocycles. The molecule has 17 heteroatoms. The number of hydrogen-bond acceptors (Lipinski definition) is 12. The Labute approximate surface area is 279 Å². The molecule has 2 amide bonds. The Hall–Kier alpha value is -5.77. The van der Waals surface area contributed by atoms with Crippen molar-refractivity contribution >= 4 is 53.0 Å². The highest BCUT2D eigenvalue weighted by Gasteiger charge is 2.29. The number of carbonyl (C=O) groups is 4. The Morgan fingerprint density at radius 1 is 1.02 bits per heavy atom. The van der Waals surface area contributed by atoms with E-state index in [1.807, 2.05) is 0 Å². The summed E-state index contributed by atoms with van der Waals surface area (Å²) in [6, 6.07) is 8.46. The number of rotatable bonds is 7. The number of hydrogen-bond donors (Lipinski definition) is 4. The van der Waals surface area contributed by atoms with Gasteiger partial charge in [-0.25, -0.2) is 19.4 Å². The number of H-pyrrole nitrogens is 1. The summed E-state index contributed by atoms with van der Waals surface area (Å²) in [6.07, 6.45) is 5.61. The maximum absolute atomic E-state index is 13.3. The van der Waals surface area contributed by atoms with Gasteiger partial charge in [-0.3, -0.25) is 10.1 Å². The predicted molar refractivity (Wildman–Crippen MR) is 173 cm³/mol. The molecule has 1 aliphatic rings. The minimum absolute atomic E-state index is 0.0258. The standard InChI is InChI=1S/C31H32ClN9O7/c1-46-29(43)22-7-5-4-6-21(36-25(42)13-8-17-14-18(32)9-12-24(17)41-16-33-39-40-41)28-37-26(27(38-28)30(44)47-2)20-11-10-19(15-23(20)35-22)34-31(45)48-3/h8-16,21-22,35H,4-7H2,1-3H3,(H,34,45)(H,36,42)(H,37,38)/t21-,22+/m0/s1. The van der Waals surface area contributed by atoms with E-state index in [9.17, 15) is 19.2 Å². The van der Waals surface area contributed by atoms with Crippen molar-refractivity contribution in [2.45, 2.75) is 37.8 Å². The van der Waals surface area contributed by atoms with Crippen molar-refractivity contribution in [1.29, 1.82) is 0 Å². The summed E-state index contributed by atoms with van der Waals surface area (Å²) in [5.74, 6) is -1.33. The molecule has 2 aromatic carbocycles. The van der Waals surface area contributed by atoms with Crippen molar-refractivity contribution in [3.8, 4) is 16.9 Å². The lowest BCUT2D eigenvalue weighted by Crippen LogP contribution is -2.31. The zero-order valence-corrected chi connectivity index (χ0v) is 26.9. The Bertz CT molecular complexity index is 1840. The second-order valence-electron chi connectivity index (χ2n) is 10.6. The molecule has 3 heterocycles. The average molecular weight is 678 g/mol. The molecule has 0 saturated heterocycles. The number of nitrogens with one attached hydrogen (secondary N) is 4. The van der Waals surface area contributed by atoms with E-state index in [4.69, 9.17) is 30.8 Å². The number of amides is 2. The third kappa shape index (κ3) is 7.78. The number of aromatic amines is 1. The first kappa shape index (κ1) is 33.6. The van der Waals surface area contributed by atoms with Crippen LogP contribution in [0.15, 0.2) is 48.8 Å². The smallest absolute Gasteiger partial charge is 0.411 e. The predicted octanol–water partition coefficient (Wildman–Crippen LogP) is 4.07. The number of carbonyl (C=O) groups excluding carboxylic acids is 4. The number of imidazole rings is 1. The number of tetrazole rings is 1. The first-order chi connectivity index (χ1) is 23.2. The molecule has 0 fully saturated rings. The second-order valence-corrected chi connectivity index (χ2v) is 11.0. The summed E-state index contributed by atoms with van der Waals surface area (Å²) in [5.41, 5.74) is 2.59. The van der Waals surface area contributed by atoms with Crippen LogP contribution in [0.25, 0.3) is 23.0 Å². The molecule has 48 heavy (non-hydrogen) atoms. The fourth-order valence-electron chi connectivity index (χ4n) is 5.20. The minimum Gasteiger partial charge on any atom is -0.467 e. The van der Waals surface area contributed by atoms with Gasteiger partial charge >= 0.3 is 18.0 Å². The molecule has 4 aromatic rings. The average Bonchev–Trinajstić information content (AvgIpc) is 3.78. The van der Waals surface area contributed by atoms with Crippen LogP contribution in [0.5, 0.6) is 0 Å². The summed E-state index contributed by atoms with van der Waals surface area (Å²) in [6.45, 7) is 0. The van der Waals surface area contributed by atoms with Crippen LogP contribution in [0.1, 0.15) is 53.6 Å². The lowest BCUT2D eigenvalue weighted by atomic mass is 10.0. The molecule has 2 aromatic heterocycles. The summed E-state index contributed by atoms with van der Waals surface area (Å²) in [5, 5.41) is 20.5. The third-order valence-corrected chi connectivity index (χ3v) is 7.75. The van der Waals surface area contributed by atoms with Gasteiger partial charge in [0.05, 0.1) is 33.1 Å². The molecule has 4 N–H and O–H groups in total. The topological polar surface area (TPSA) is 204 Å². The fourth-order valence-corrected chi connectivity index (χ4v) is 5.38. The van der Waals surface area contributed by atoms with Gasteiger partial charge in [0.25, 0.3) is 0 Å². The number of methoxy groups -OCH3 is 3. The van der Waals surface area contributed by atoms with Crippen LogP contribution in [0, 0.1) is 0 Å². The number of ether oxygens (including phenoxy) is 3. The number of benzene rings is 2.